The molecule has 0 aromatic heterocycles. The first-order valence-electron chi connectivity index (χ1n) is 10.4. The number of piperidine rings is 1. The summed E-state index contributed by atoms with van der Waals surface area (Å²) in [7, 11) is 1.64. The normalized spacial score (nSPS) is 15.6. The van der Waals surface area contributed by atoms with Gasteiger partial charge in [0.25, 0.3) is 0 Å². The molecule has 30 heavy (non-hydrogen) atoms. The van der Waals surface area contributed by atoms with Crippen molar-refractivity contribution >= 4 is 17.3 Å². The van der Waals surface area contributed by atoms with Gasteiger partial charge in [-0.25, -0.2) is 0 Å². The van der Waals surface area contributed by atoms with E-state index in [9.17, 15) is 9.59 Å². The molecule has 3 aromatic carbocycles. The highest BCUT2D eigenvalue weighted by molar-refractivity contribution is 6.30. The van der Waals surface area contributed by atoms with Gasteiger partial charge in [-0.05, 0) is 54.7 Å². The van der Waals surface area contributed by atoms with Crippen LogP contribution in [0.2, 0.25) is 0 Å². The zero-order chi connectivity index (χ0) is 20.7. The summed E-state index contributed by atoms with van der Waals surface area (Å²) in [4.78, 5) is 29.1. The molecule has 0 unspecified atom stereocenters. The fourth-order valence-corrected chi connectivity index (χ4v) is 4.54. The first-order valence-corrected chi connectivity index (χ1v) is 10.4. The van der Waals surface area contributed by atoms with Gasteiger partial charge in [0.05, 0.1) is 12.7 Å². The number of ether oxygens (including phenoxy) is 1. The quantitative estimate of drug-likeness (QED) is 0.481. The van der Waals surface area contributed by atoms with Crippen molar-refractivity contribution in [3.63, 3.8) is 0 Å². The van der Waals surface area contributed by atoms with Gasteiger partial charge >= 0.3 is 0 Å². The second-order valence-corrected chi connectivity index (χ2v) is 7.90. The minimum atomic E-state index is -0.0752. The molecule has 0 N–H and O–H groups in total. The molecule has 0 radical (unpaired) electrons. The van der Waals surface area contributed by atoms with Crippen molar-refractivity contribution in [2.75, 3.05) is 25.1 Å². The second-order valence-electron chi connectivity index (χ2n) is 7.90. The molecule has 0 saturated carbocycles. The Kier molecular flexibility index (Phi) is 4.62. The summed E-state index contributed by atoms with van der Waals surface area (Å²) in [5, 5.41) is 0. The number of methoxy groups -OCH3 is 1. The van der Waals surface area contributed by atoms with Crippen LogP contribution in [0, 0.1) is 0 Å². The number of carbonyl (C=O) groups is 2. The predicted octanol–water partition coefficient (Wildman–Crippen LogP) is 5.13. The summed E-state index contributed by atoms with van der Waals surface area (Å²) >= 11 is 0. The van der Waals surface area contributed by atoms with Gasteiger partial charge in [0, 0.05) is 35.5 Å². The number of carbonyl (C=O) groups excluding carboxylic acids is 2. The summed E-state index contributed by atoms with van der Waals surface area (Å²) in [6, 6.07) is 18.9. The maximum absolute atomic E-state index is 13.5. The molecule has 2 aliphatic rings. The third-order valence-electron chi connectivity index (χ3n) is 6.13. The third kappa shape index (κ3) is 3.00. The summed E-state index contributed by atoms with van der Waals surface area (Å²) in [5.41, 5.74) is 4.88. The lowest BCUT2D eigenvalue weighted by atomic mass is 9.81. The van der Waals surface area contributed by atoms with Gasteiger partial charge in [0.2, 0.25) is 0 Å². The van der Waals surface area contributed by atoms with Crippen LogP contribution in [-0.4, -0.2) is 31.8 Å². The van der Waals surface area contributed by atoms with E-state index in [4.69, 9.17) is 4.74 Å². The number of nitrogens with zero attached hydrogens (tertiary/aromatic N) is 1. The van der Waals surface area contributed by atoms with Crippen molar-refractivity contribution in [1.82, 2.24) is 0 Å². The van der Waals surface area contributed by atoms with Crippen molar-refractivity contribution in [3.8, 4) is 16.9 Å². The fraction of sp³-hybridized carbons (Fsp3) is 0.231. The topological polar surface area (TPSA) is 46.6 Å². The Labute approximate surface area is 176 Å². The van der Waals surface area contributed by atoms with Gasteiger partial charge in [-0.3, -0.25) is 9.59 Å². The van der Waals surface area contributed by atoms with Crippen LogP contribution in [0.3, 0.4) is 0 Å². The number of anilines is 1. The molecule has 5 rings (SSSR count). The average Bonchev–Trinajstić information content (AvgIpc) is 2.82. The van der Waals surface area contributed by atoms with Gasteiger partial charge < -0.3 is 9.64 Å². The van der Waals surface area contributed by atoms with Gasteiger partial charge in [0.1, 0.15) is 5.75 Å². The third-order valence-corrected chi connectivity index (χ3v) is 6.13. The van der Waals surface area contributed by atoms with E-state index in [-0.39, 0.29) is 11.6 Å². The smallest absolute Gasteiger partial charge is 0.196 e. The lowest BCUT2D eigenvalue weighted by Crippen LogP contribution is -2.33. The van der Waals surface area contributed by atoms with Gasteiger partial charge in [0.15, 0.2) is 11.6 Å². The molecule has 1 heterocycles. The van der Waals surface area contributed by atoms with E-state index in [1.54, 1.807) is 19.2 Å². The summed E-state index contributed by atoms with van der Waals surface area (Å²) in [6.07, 6.45) is 3.40. The molecule has 1 saturated heterocycles. The highest BCUT2D eigenvalue weighted by Crippen LogP contribution is 2.38. The first kappa shape index (κ1) is 18.6. The van der Waals surface area contributed by atoms with E-state index in [2.05, 4.69) is 11.0 Å². The Morgan fingerprint density at radius 2 is 1.40 bits per heavy atom. The Morgan fingerprint density at radius 3 is 2.07 bits per heavy atom. The monoisotopic (exact) mass is 397 g/mol. The van der Waals surface area contributed by atoms with E-state index in [0.717, 1.165) is 48.5 Å². The summed E-state index contributed by atoms with van der Waals surface area (Å²) < 4.78 is 5.28. The Bertz CT molecular complexity index is 1140. The minimum absolute atomic E-state index is 0.0537. The average molecular weight is 397 g/mol. The standard InChI is InChI=1S/C26H23NO3/c1-30-19-11-9-17(10-12-19)18-15-22-24(23(16-18)27-13-5-2-6-14-27)26(29)21-8-4-3-7-20(21)25(22)28/h3-4,7-12,15-16H,2,5-6,13-14H2,1H3. The van der Waals surface area contributed by atoms with Crippen LogP contribution in [0.1, 0.15) is 51.1 Å². The number of hydrogen-bond acceptors (Lipinski definition) is 4. The van der Waals surface area contributed by atoms with Crippen LogP contribution in [0.5, 0.6) is 5.75 Å². The molecule has 3 aromatic rings. The molecule has 4 heteroatoms. The number of hydrogen-bond donors (Lipinski definition) is 0. The van der Waals surface area contributed by atoms with Crippen molar-refractivity contribution in [2.45, 2.75) is 19.3 Å². The van der Waals surface area contributed by atoms with Crippen molar-refractivity contribution < 1.29 is 14.3 Å². The van der Waals surface area contributed by atoms with Crippen LogP contribution in [-0.2, 0) is 0 Å². The van der Waals surface area contributed by atoms with E-state index < -0.39 is 0 Å². The molecule has 0 amide bonds. The van der Waals surface area contributed by atoms with E-state index in [1.165, 1.54) is 6.42 Å². The molecule has 0 atom stereocenters. The highest BCUT2D eigenvalue weighted by atomic mass is 16.5. The lowest BCUT2D eigenvalue weighted by Gasteiger charge is -2.32. The summed E-state index contributed by atoms with van der Waals surface area (Å²) in [5.74, 6) is 0.657. The Balaban J connectivity index is 1.72. The Hall–Kier alpha value is -3.40. The molecule has 1 aliphatic carbocycles. The lowest BCUT2D eigenvalue weighted by molar-refractivity contribution is 0.0979. The number of rotatable bonds is 3. The molecule has 0 spiro atoms. The second kappa shape index (κ2) is 7.45. The molecular formula is C26H23NO3. The van der Waals surface area contributed by atoms with E-state index >= 15 is 0 Å². The SMILES string of the molecule is COc1ccc(-c2cc3c(c(N4CCCCC4)c2)C(=O)c2ccccc2C3=O)cc1. The Morgan fingerprint density at radius 1 is 0.733 bits per heavy atom. The van der Waals surface area contributed by atoms with Crippen molar-refractivity contribution in [2.24, 2.45) is 0 Å². The molecule has 0 bridgehead atoms. The number of benzene rings is 3. The molecular weight excluding hydrogens is 374 g/mol. The maximum atomic E-state index is 13.5. The van der Waals surface area contributed by atoms with Crippen LogP contribution >= 0.6 is 0 Å². The largest absolute Gasteiger partial charge is 0.497 e. The highest BCUT2D eigenvalue weighted by Gasteiger charge is 2.33. The van der Waals surface area contributed by atoms with Crippen LogP contribution in [0.15, 0.2) is 60.7 Å². The minimum Gasteiger partial charge on any atom is -0.497 e. The van der Waals surface area contributed by atoms with Crippen molar-refractivity contribution in [3.05, 3.63) is 82.9 Å². The molecule has 1 aliphatic heterocycles. The van der Waals surface area contributed by atoms with E-state index in [1.807, 2.05) is 42.5 Å². The van der Waals surface area contributed by atoms with Crippen molar-refractivity contribution in [1.29, 1.82) is 0 Å². The zero-order valence-electron chi connectivity index (χ0n) is 17.0. The molecule has 150 valence electrons. The van der Waals surface area contributed by atoms with Gasteiger partial charge in [-0.15, -0.1) is 0 Å². The van der Waals surface area contributed by atoms with Crippen LogP contribution in [0.4, 0.5) is 5.69 Å². The maximum Gasteiger partial charge on any atom is 0.196 e. The zero-order valence-corrected chi connectivity index (χ0v) is 17.0. The van der Waals surface area contributed by atoms with Crippen LogP contribution < -0.4 is 9.64 Å². The number of ketones is 2. The van der Waals surface area contributed by atoms with Gasteiger partial charge in [-0.1, -0.05) is 36.4 Å². The first-order chi connectivity index (χ1) is 14.7. The predicted molar refractivity (Wildman–Crippen MR) is 118 cm³/mol. The molecule has 1 fully saturated rings. The molecule has 4 nitrogen and oxygen atoms in total. The number of fused-ring (bicyclic) bond motifs is 2. The summed E-state index contributed by atoms with van der Waals surface area (Å²) in [6.45, 7) is 1.81. The van der Waals surface area contributed by atoms with E-state index in [0.29, 0.717) is 22.3 Å². The fourth-order valence-electron chi connectivity index (χ4n) is 4.54. The van der Waals surface area contributed by atoms with Gasteiger partial charge in [-0.2, -0.15) is 0 Å². The van der Waals surface area contributed by atoms with Crippen LogP contribution in [0.25, 0.3) is 11.1 Å².